The normalized spacial score (nSPS) is 10.4. The molecule has 1 aromatic heterocycles. The predicted octanol–water partition coefficient (Wildman–Crippen LogP) is 3.47. The number of rotatable bonds is 6. The summed E-state index contributed by atoms with van der Waals surface area (Å²) in [5.74, 6) is 0.747. The first-order valence-electron chi connectivity index (χ1n) is 6.29. The van der Waals surface area contributed by atoms with Crippen LogP contribution in [0.3, 0.4) is 0 Å². The third kappa shape index (κ3) is 4.87. The van der Waals surface area contributed by atoms with Gasteiger partial charge >= 0.3 is 0 Å². The number of carbonyl (C=O) groups is 1. The fraction of sp³-hybridized carbons (Fsp3) is 0.308. The summed E-state index contributed by atoms with van der Waals surface area (Å²) in [6.07, 6.45) is 0. The Kier molecular flexibility index (Phi) is 5.84. The van der Waals surface area contributed by atoms with E-state index in [1.165, 1.54) is 18.3 Å². The van der Waals surface area contributed by atoms with Crippen LogP contribution >= 0.6 is 34.7 Å². The molecule has 112 valence electrons. The number of hydrogen-bond acceptors (Lipinski definition) is 6. The van der Waals surface area contributed by atoms with Crippen molar-refractivity contribution in [2.45, 2.75) is 18.2 Å². The van der Waals surface area contributed by atoms with E-state index in [9.17, 15) is 4.79 Å². The van der Waals surface area contributed by atoms with Gasteiger partial charge in [0.05, 0.1) is 0 Å². The molecule has 5 nitrogen and oxygen atoms in total. The maximum Gasteiger partial charge on any atom is 0.216 e. The molecule has 0 unspecified atom stereocenters. The zero-order valence-electron chi connectivity index (χ0n) is 11.6. The van der Waals surface area contributed by atoms with Crippen LogP contribution in [0.25, 0.3) is 0 Å². The topological polar surface area (TPSA) is 66.9 Å². The van der Waals surface area contributed by atoms with Gasteiger partial charge in [-0.25, -0.2) is 0 Å². The van der Waals surface area contributed by atoms with Crippen molar-refractivity contribution in [3.05, 3.63) is 28.8 Å². The smallest absolute Gasteiger partial charge is 0.216 e. The molecule has 8 heteroatoms. The number of hydrogen-bond donors (Lipinski definition) is 2. The maximum absolute atomic E-state index is 10.8. The largest absolute Gasteiger partial charge is 0.356 e. The first kappa shape index (κ1) is 16.1. The highest BCUT2D eigenvalue weighted by Gasteiger charge is 2.07. The molecule has 0 saturated heterocycles. The van der Waals surface area contributed by atoms with Gasteiger partial charge in [0, 0.05) is 29.9 Å². The van der Waals surface area contributed by atoms with Crippen molar-refractivity contribution in [1.29, 1.82) is 0 Å². The van der Waals surface area contributed by atoms with Crippen LogP contribution in [0, 0.1) is 6.92 Å². The molecule has 0 atom stereocenters. The molecule has 0 radical (unpaired) electrons. The molecule has 0 aliphatic rings. The van der Waals surface area contributed by atoms with Crippen molar-refractivity contribution in [2.75, 3.05) is 17.6 Å². The molecule has 2 N–H and O–H groups in total. The Morgan fingerprint density at radius 3 is 3.00 bits per heavy atom. The first-order valence-corrected chi connectivity index (χ1v) is 8.47. The summed E-state index contributed by atoms with van der Waals surface area (Å²) in [6, 6.07) is 5.69. The van der Waals surface area contributed by atoms with Crippen LogP contribution in [0.5, 0.6) is 0 Å². The number of aromatic nitrogens is 2. The molecule has 2 aromatic rings. The lowest BCUT2D eigenvalue weighted by Crippen LogP contribution is -2.22. The zero-order chi connectivity index (χ0) is 15.2. The van der Waals surface area contributed by atoms with Gasteiger partial charge in [-0.05, 0) is 24.6 Å². The number of nitrogens with zero attached hydrogens (tertiary/aromatic N) is 2. The summed E-state index contributed by atoms with van der Waals surface area (Å²) in [5.41, 5.74) is 1.91. The molecular weight excluding hydrogens is 328 g/mol. The van der Waals surface area contributed by atoms with Gasteiger partial charge in [-0.1, -0.05) is 40.8 Å². The Hall–Kier alpha value is -1.31. The Bertz CT molecular complexity index is 632. The van der Waals surface area contributed by atoms with Gasteiger partial charge in [0.25, 0.3) is 0 Å². The van der Waals surface area contributed by atoms with Gasteiger partial charge in [0.2, 0.25) is 11.0 Å². The van der Waals surface area contributed by atoms with Crippen LogP contribution in [0.2, 0.25) is 5.02 Å². The van der Waals surface area contributed by atoms with Crippen molar-refractivity contribution >= 4 is 51.4 Å². The van der Waals surface area contributed by atoms with Crippen LogP contribution in [0.4, 0.5) is 10.8 Å². The van der Waals surface area contributed by atoms with E-state index < -0.39 is 0 Å². The molecule has 1 aromatic carbocycles. The number of carbonyl (C=O) groups excluding carboxylic acids is 1. The number of thioether (sulfide) groups is 1. The van der Waals surface area contributed by atoms with Crippen LogP contribution in [0.15, 0.2) is 22.5 Å². The molecular formula is C13H15ClN4OS2. The molecule has 0 aliphatic heterocycles. The fourth-order valence-electron chi connectivity index (χ4n) is 1.54. The van der Waals surface area contributed by atoms with Crippen molar-refractivity contribution < 1.29 is 4.79 Å². The summed E-state index contributed by atoms with van der Waals surface area (Å²) in [4.78, 5) is 10.8. The van der Waals surface area contributed by atoms with Gasteiger partial charge in [-0.3, -0.25) is 4.79 Å². The molecule has 2 rings (SSSR count). The summed E-state index contributed by atoms with van der Waals surface area (Å²) in [7, 11) is 0. The van der Waals surface area contributed by atoms with Crippen LogP contribution in [-0.4, -0.2) is 28.4 Å². The molecule has 0 fully saturated rings. The van der Waals surface area contributed by atoms with E-state index in [2.05, 4.69) is 20.8 Å². The molecule has 1 heterocycles. The van der Waals surface area contributed by atoms with Crippen molar-refractivity contribution in [3.8, 4) is 0 Å². The van der Waals surface area contributed by atoms with E-state index in [4.69, 9.17) is 11.6 Å². The predicted molar refractivity (Wildman–Crippen MR) is 88.8 cm³/mol. The number of benzene rings is 1. The highest BCUT2D eigenvalue weighted by atomic mass is 35.5. The van der Waals surface area contributed by atoms with E-state index in [1.54, 1.807) is 11.8 Å². The second-order valence-electron chi connectivity index (χ2n) is 4.24. The highest BCUT2D eigenvalue weighted by Crippen LogP contribution is 2.30. The summed E-state index contributed by atoms with van der Waals surface area (Å²) in [5, 5.41) is 15.6. The van der Waals surface area contributed by atoms with Gasteiger partial charge in [-0.2, -0.15) is 0 Å². The number of amides is 1. The third-order valence-electron chi connectivity index (χ3n) is 2.62. The van der Waals surface area contributed by atoms with Gasteiger partial charge in [0.1, 0.15) is 0 Å². The molecule has 0 saturated carbocycles. The summed E-state index contributed by atoms with van der Waals surface area (Å²) >= 11 is 9.12. The quantitative estimate of drug-likeness (QED) is 0.621. The average Bonchev–Trinajstić information content (AvgIpc) is 2.87. The number of nitrogens with one attached hydrogen (secondary N) is 2. The second kappa shape index (κ2) is 7.63. The standard InChI is InChI=1S/C13H15ClN4OS2/c1-8-10(14)4-3-5-11(8)16-12-17-18-13(21-12)20-7-6-15-9(2)19/h3-5H,6-7H2,1-2H3,(H,15,19)(H,16,17). The Morgan fingerprint density at radius 1 is 1.43 bits per heavy atom. The van der Waals surface area contributed by atoms with Crippen LogP contribution in [0.1, 0.15) is 12.5 Å². The van der Waals surface area contributed by atoms with E-state index in [-0.39, 0.29) is 5.91 Å². The van der Waals surface area contributed by atoms with E-state index >= 15 is 0 Å². The second-order valence-corrected chi connectivity index (χ2v) is 6.97. The SMILES string of the molecule is CC(=O)NCCSc1nnc(Nc2cccc(Cl)c2C)s1. The Morgan fingerprint density at radius 2 is 2.24 bits per heavy atom. The Balaban J connectivity index is 1.91. The fourth-order valence-corrected chi connectivity index (χ4v) is 3.41. The molecule has 1 amide bonds. The molecule has 21 heavy (non-hydrogen) atoms. The summed E-state index contributed by atoms with van der Waals surface area (Å²) in [6.45, 7) is 4.08. The molecule has 0 bridgehead atoms. The molecule has 0 aliphatic carbocycles. The minimum Gasteiger partial charge on any atom is -0.356 e. The van der Waals surface area contributed by atoms with Crippen LogP contribution in [-0.2, 0) is 4.79 Å². The first-order chi connectivity index (χ1) is 10.1. The zero-order valence-corrected chi connectivity index (χ0v) is 14.0. The van der Waals surface area contributed by atoms with Crippen molar-refractivity contribution in [2.24, 2.45) is 0 Å². The van der Waals surface area contributed by atoms with E-state index in [1.807, 2.05) is 25.1 Å². The number of halogens is 1. The summed E-state index contributed by atoms with van der Waals surface area (Å²) < 4.78 is 0.863. The average molecular weight is 343 g/mol. The Labute approximate surface area is 136 Å². The molecule has 0 spiro atoms. The minimum atomic E-state index is -0.0216. The highest BCUT2D eigenvalue weighted by molar-refractivity contribution is 8.01. The minimum absolute atomic E-state index is 0.0216. The monoisotopic (exact) mass is 342 g/mol. The van der Waals surface area contributed by atoms with Crippen LogP contribution < -0.4 is 10.6 Å². The van der Waals surface area contributed by atoms with Crippen molar-refractivity contribution in [3.63, 3.8) is 0 Å². The van der Waals surface area contributed by atoms with E-state index in [0.717, 1.165) is 31.5 Å². The number of anilines is 2. The lowest BCUT2D eigenvalue weighted by Gasteiger charge is -2.06. The van der Waals surface area contributed by atoms with Gasteiger partial charge in [0.15, 0.2) is 4.34 Å². The van der Waals surface area contributed by atoms with Gasteiger partial charge < -0.3 is 10.6 Å². The van der Waals surface area contributed by atoms with Crippen molar-refractivity contribution in [1.82, 2.24) is 15.5 Å². The third-order valence-corrected chi connectivity index (χ3v) is 5.00. The van der Waals surface area contributed by atoms with Gasteiger partial charge in [-0.15, -0.1) is 10.2 Å². The van der Waals surface area contributed by atoms with E-state index in [0.29, 0.717) is 6.54 Å². The maximum atomic E-state index is 10.8. The lowest BCUT2D eigenvalue weighted by molar-refractivity contribution is -0.118. The lowest BCUT2D eigenvalue weighted by atomic mass is 10.2.